The number of aromatic nitrogens is 2. The first-order chi connectivity index (χ1) is 14.0. The molecule has 8 heteroatoms. The zero-order chi connectivity index (χ0) is 20.8. The molecular formula is C21H31N5O2S. The van der Waals surface area contributed by atoms with Crippen LogP contribution in [0.5, 0.6) is 5.75 Å². The van der Waals surface area contributed by atoms with E-state index in [-0.39, 0.29) is 5.91 Å². The molecule has 1 aliphatic rings. The standard InChI is InChI=1S/C21H31N5O2S/c1-23(20(27)18-16-22-21(29)24(18)2)10-6-7-11-25-12-14-26(15-13-25)17-8-4-5-9-19(17)28-3/h4-5,8-9,16H,6-7,10-15H2,1-3H3,(H,22,29). The fourth-order valence-corrected chi connectivity index (χ4v) is 3.88. The summed E-state index contributed by atoms with van der Waals surface area (Å²) in [6.07, 6.45) is 3.75. The van der Waals surface area contributed by atoms with Crippen LogP contribution in [-0.2, 0) is 7.05 Å². The van der Waals surface area contributed by atoms with Gasteiger partial charge in [-0.05, 0) is 43.7 Å². The average Bonchev–Trinajstić information content (AvgIpc) is 3.09. The molecule has 1 aromatic carbocycles. The van der Waals surface area contributed by atoms with Crippen LogP contribution in [0.4, 0.5) is 5.69 Å². The van der Waals surface area contributed by atoms with E-state index in [0.29, 0.717) is 10.5 Å². The van der Waals surface area contributed by atoms with Crippen LogP contribution in [0.25, 0.3) is 0 Å². The molecule has 1 fully saturated rings. The van der Waals surface area contributed by atoms with Crippen LogP contribution < -0.4 is 9.64 Å². The molecule has 158 valence electrons. The van der Waals surface area contributed by atoms with Gasteiger partial charge >= 0.3 is 0 Å². The molecule has 2 heterocycles. The van der Waals surface area contributed by atoms with Crippen molar-refractivity contribution in [1.82, 2.24) is 19.4 Å². The Balaban J connectivity index is 1.38. The number of methoxy groups -OCH3 is 1. The minimum absolute atomic E-state index is 0.00488. The number of unbranched alkanes of at least 4 members (excludes halogenated alkanes) is 1. The van der Waals surface area contributed by atoms with Crippen LogP contribution in [0.1, 0.15) is 23.3 Å². The Hall–Kier alpha value is -2.32. The van der Waals surface area contributed by atoms with E-state index in [9.17, 15) is 4.79 Å². The molecule has 1 aliphatic heterocycles. The molecule has 1 saturated heterocycles. The van der Waals surface area contributed by atoms with Crippen LogP contribution in [0.3, 0.4) is 0 Å². The van der Waals surface area contributed by atoms with Crippen molar-refractivity contribution in [3.63, 3.8) is 0 Å². The van der Waals surface area contributed by atoms with Gasteiger partial charge in [-0.2, -0.15) is 0 Å². The third kappa shape index (κ3) is 5.19. The smallest absolute Gasteiger partial charge is 0.271 e. The van der Waals surface area contributed by atoms with Crippen molar-refractivity contribution >= 4 is 23.8 Å². The summed E-state index contributed by atoms with van der Waals surface area (Å²) in [5.41, 5.74) is 1.78. The van der Waals surface area contributed by atoms with Crippen LogP contribution in [-0.4, -0.2) is 78.7 Å². The first-order valence-electron chi connectivity index (χ1n) is 10.1. The van der Waals surface area contributed by atoms with Crippen LogP contribution in [0, 0.1) is 4.77 Å². The lowest BCUT2D eigenvalue weighted by Crippen LogP contribution is -2.46. The van der Waals surface area contributed by atoms with Crippen molar-refractivity contribution in [1.29, 1.82) is 0 Å². The lowest BCUT2D eigenvalue weighted by atomic mass is 10.2. The Morgan fingerprint density at radius 3 is 2.59 bits per heavy atom. The predicted molar refractivity (Wildman–Crippen MR) is 118 cm³/mol. The van der Waals surface area contributed by atoms with Crippen molar-refractivity contribution in [2.75, 3.05) is 58.3 Å². The van der Waals surface area contributed by atoms with E-state index in [2.05, 4.69) is 26.9 Å². The SMILES string of the molecule is COc1ccccc1N1CCN(CCCCN(C)C(=O)c2c[nH]c(=S)n2C)CC1. The van der Waals surface area contributed by atoms with Gasteiger partial charge in [0.25, 0.3) is 5.91 Å². The summed E-state index contributed by atoms with van der Waals surface area (Å²) in [5, 5.41) is 0. The summed E-state index contributed by atoms with van der Waals surface area (Å²) < 4.78 is 7.77. The Bertz CT molecular complexity index is 870. The third-order valence-corrected chi connectivity index (χ3v) is 5.97. The minimum Gasteiger partial charge on any atom is -0.495 e. The summed E-state index contributed by atoms with van der Waals surface area (Å²) in [4.78, 5) is 22.1. The van der Waals surface area contributed by atoms with Crippen LogP contribution in [0.2, 0.25) is 0 Å². The Kier molecular flexibility index (Phi) is 7.33. The Morgan fingerprint density at radius 2 is 1.93 bits per heavy atom. The lowest BCUT2D eigenvalue weighted by molar-refractivity contribution is 0.0781. The van der Waals surface area contributed by atoms with Gasteiger partial charge in [0, 0.05) is 53.0 Å². The van der Waals surface area contributed by atoms with Gasteiger partial charge in [0.05, 0.1) is 12.8 Å². The number of H-pyrrole nitrogens is 1. The number of hydrogen-bond donors (Lipinski definition) is 1. The summed E-state index contributed by atoms with van der Waals surface area (Å²) >= 11 is 5.13. The fraction of sp³-hybridized carbons (Fsp3) is 0.524. The van der Waals surface area contributed by atoms with Crippen LogP contribution in [0.15, 0.2) is 30.5 Å². The van der Waals surface area contributed by atoms with Gasteiger partial charge in [0.1, 0.15) is 11.4 Å². The van der Waals surface area contributed by atoms with Gasteiger partial charge in [-0.25, -0.2) is 0 Å². The summed E-state index contributed by atoms with van der Waals surface area (Å²) in [6, 6.07) is 8.21. The number of imidazole rings is 1. The zero-order valence-corrected chi connectivity index (χ0v) is 18.4. The van der Waals surface area contributed by atoms with Gasteiger partial charge in [-0.1, -0.05) is 12.1 Å². The van der Waals surface area contributed by atoms with Gasteiger partial charge in [-0.3, -0.25) is 9.69 Å². The van der Waals surface area contributed by atoms with Crippen molar-refractivity contribution < 1.29 is 9.53 Å². The monoisotopic (exact) mass is 417 g/mol. The number of hydrogen-bond acceptors (Lipinski definition) is 5. The van der Waals surface area contributed by atoms with Crippen molar-refractivity contribution in [3.8, 4) is 5.75 Å². The maximum atomic E-state index is 12.5. The quantitative estimate of drug-likeness (QED) is 0.529. The van der Waals surface area contributed by atoms with Gasteiger partial charge in [-0.15, -0.1) is 0 Å². The number of para-hydroxylation sites is 2. The second kappa shape index (κ2) is 9.93. The first-order valence-corrected chi connectivity index (χ1v) is 10.5. The lowest BCUT2D eigenvalue weighted by Gasteiger charge is -2.36. The maximum absolute atomic E-state index is 12.5. The second-order valence-corrected chi connectivity index (χ2v) is 7.86. The van der Waals surface area contributed by atoms with E-state index < -0.39 is 0 Å². The highest BCUT2D eigenvalue weighted by Crippen LogP contribution is 2.28. The molecule has 1 aromatic heterocycles. The van der Waals surface area contributed by atoms with E-state index in [1.807, 2.05) is 26.2 Å². The number of carbonyl (C=O) groups excluding carboxylic acids is 1. The van der Waals surface area contributed by atoms with E-state index >= 15 is 0 Å². The Morgan fingerprint density at radius 1 is 1.21 bits per heavy atom. The van der Waals surface area contributed by atoms with E-state index in [1.165, 1.54) is 5.69 Å². The van der Waals surface area contributed by atoms with E-state index in [4.69, 9.17) is 17.0 Å². The molecule has 0 saturated carbocycles. The minimum atomic E-state index is 0.00488. The fourth-order valence-electron chi connectivity index (χ4n) is 3.72. The van der Waals surface area contributed by atoms with E-state index in [1.54, 1.807) is 22.8 Å². The molecular weight excluding hydrogens is 386 g/mol. The number of carbonyl (C=O) groups is 1. The number of nitrogens with zero attached hydrogens (tertiary/aromatic N) is 4. The highest BCUT2D eigenvalue weighted by Gasteiger charge is 2.19. The number of aromatic amines is 1. The van der Waals surface area contributed by atoms with E-state index in [0.717, 1.165) is 57.9 Å². The maximum Gasteiger partial charge on any atom is 0.271 e. The number of rotatable bonds is 8. The molecule has 0 unspecified atom stereocenters. The zero-order valence-electron chi connectivity index (χ0n) is 17.6. The molecule has 0 aliphatic carbocycles. The van der Waals surface area contributed by atoms with Gasteiger partial charge in [0.2, 0.25) is 0 Å². The molecule has 0 radical (unpaired) electrons. The molecule has 2 aromatic rings. The van der Waals surface area contributed by atoms with Crippen molar-refractivity contribution in [2.24, 2.45) is 7.05 Å². The Labute approximate surface area is 177 Å². The van der Waals surface area contributed by atoms with Crippen LogP contribution >= 0.6 is 12.2 Å². The molecule has 1 amide bonds. The highest BCUT2D eigenvalue weighted by atomic mass is 32.1. The van der Waals surface area contributed by atoms with Crippen molar-refractivity contribution in [3.05, 3.63) is 40.9 Å². The van der Waals surface area contributed by atoms with Gasteiger partial charge in [0.15, 0.2) is 4.77 Å². The molecule has 7 nitrogen and oxygen atoms in total. The summed E-state index contributed by atoms with van der Waals surface area (Å²) in [5.74, 6) is 0.943. The normalized spacial score (nSPS) is 14.8. The molecule has 3 rings (SSSR count). The largest absolute Gasteiger partial charge is 0.495 e. The summed E-state index contributed by atoms with van der Waals surface area (Å²) in [7, 11) is 5.39. The summed E-state index contributed by atoms with van der Waals surface area (Å²) in [6.45, 7) is 5.92. The molecule has 1 N–H and O–H groups in total. The number of anilines is 1. The molecule has 0 bridgehead atoms. The highest BCUT2D eigenvalue weighted by molar-refractivity contribution is 7.71. The van der Waals surface area contributed by atoms with Gasteiger partial charge < -0.3 is 24.1 Å². The molecule has 0 spiro atoms. The number of nitrogens with one attached hydrogen (secondary N) is 1. The predicted octanol–water partition coefficient (Wildman–Crippen LogP) is 2.77. The number of piperazine rings is 1. The topological polar surface area (TPSA) is 56.7 Å². The first kappa shape index (κ1) is 21.4. The number of amides is 1. The van der Waals surface area contributed by atoms with Crippen molar-refractivity contribution in [2.45, 2.75) is 12.8 Å². The molecule has 29 heavy (non-hydrogen) atoms. The third-order valence-electron chi connectivity index (χ3n) is 5.58. The second-order valence-electron chi connectivity index (χ2n) is 7.47. The number of benzene rings is 1. The molecule has 0 atom stereocenters. The number of ether oxygens (including phenoxy) is 1. The average molecular weight is 418 g/mol.